The number of amides is 1. The molecule has 1 N–H and O–H groups in total. The van der Waals surface area contributed by atoms with E-state index in [4.69, 9.17) is 0 Å². The first-order valence-electron chi connectivity index (χ1n) is 10.0. The number of hydrogen-bond acceptors (Lipinski definition) is 3. The van der Waals surface area contributed by atoms with Crippen LogP contribution in [-0.4, -0.2) is 16.6 Å². The van der Waals surface area contributed by atoms with Gasteiger partial charge in [-0.2, -0.15) is 5.10 Å². The van der Waals surface area contributed by atoms with Crippen LogP contribution in [0.4, 0.5) is 0 Å². The lowest BCUT2D eigenvalue weighted by Gasteiger charge is -2.22. The number of pyridine rings is 1. The number of nitrogens with one attached hydrogen (secondary N) is 1. The fourth-order valence-corrected chi connectivity index (χ4v) is 3.88. The monoisotopic (exact) mass is 371 g/mol. The number of carbonyl (C=O) groups excluding carboxylic acids is 1. The maximum atomic E-state index is 12.4. The van der Waals surface area contributed by atoms with Crippen molar-refractivity contribution in [2.75, 3.05) is 0 Å². The number of fused-ring (bicyclic) bond motifs is 1. The first-order valence-corrected chi connectivity index (χ1v) is 10.0. The number of aromatic nitrogens is 1. The topological polar surface area (TPSA) is 54.4 Å². The SMILES string of the molecule is C/C(=N\NC(=O)c1ccc2ccccc2n1)c1ccc(C2CCCCC2)cc1. The van der Waals surface area contributed by atoms with E-state index in [1.807, 2.05) is 37.3 Å². The average Bonchev–Trinajstić information content (AvgIpc) is 2.77. The zero-order chi connectivity index (χ0) is 19.3. The summed E-state index contributed by atoms with van der Waals surface area (Å²) in [7, 11) is 0. The van der Waals surface area contributed by atoms with Crippen LogP contribution in [0.15, 0.2) is 65.8 Å². The van der Waals surface area contributed by atoms with Crippen molar-refractivity contribution in [3.8, 4) is 0 Å². The van der Waals surface area contributed by atoms with Crippen LogP contribution in [0.25, 0.3) is 10.9 Å². The molecule has 1 aliphatic carbocycles. The summed E-state index contributed by atoms with van der Waals surface area (Å²) in [5, 5.41) is 5.28. The highest BCUT2D eigenvalue weighted by molar-refractivity contribution is 6.00. The summed E-state index contributed by atoms with van der Waals surface area (Å²) >= 11 is 0. The van der Waals surface area contributed by atoms with Gasteiger partial charge < -0.3 is 0 Å². The highest BCUT2D eigenvalue weighted by Gasteiger charge is 2.15. The van der Waals surface area contributed by atoms with Crippen molar-refractivity contribution in [2.45, 2.75) is 44.9 Å². The second-order valence-corrected chi connectivity index (χ2v) is 7.48. The predicted octanol–water partition coefficient (Wildman–Crippen LogP) is 5.44. The number of hydrazone groups is 1. The Morgan fingerprint density at radius 1 is 0.964 bits per heavy atom. The maximum absolute atomic E-state index is 12.4. The van der Waals surface area contributed by atoms with Crippen molar-refractivity contribution in [1.82, 2.24) is 10.4 Å². The summed E-state index contributed by atoms with van der Waals surface area (Å²) in [6.45, 7) is 1.91. The van der Waals surface area contributed by atoms with Gasteiger partial charge in [-0.3, -0.25) is 4.79 Å². The van der Waals surface area contributed by atoms with E-state index in [1.165, 1.54) is 37.7 Å². The molecule has 1 heterocycles. The molecule has 0 spiro atoms. The molecule has 0 radical (unpaired) electrons. The summed E-state index contributed by atoms with van der Waals surface area (Å²) in [5.74, 6) is 0.391. The van der Waals surface area contributed by atoms with Crippen LogP contribution < -0.4 is 5.43 Å². The quantitative estimate of drug-likeness (QED) is 0.491. The van der Waals surface area contributed by atoms with Crippen LogP contribution in [0, 0.1) is 0 Å². The molecule has 0 aliphatic heterocycles. The number of para-hydroxylation sites is 1. The molecule has 1 aliphatic rings. The molecular weight excluding hydrogens is 346 g/mol. The van der Waals surface area contributed by atoms with Gasteiger partial charge in [-0.25, -0.2) is 10.4 Å². The van der Waals surface area contributed by atoms with Gasteiger partial charge in [0.1, 0.15) is 5.69 Å². The highest BCUT2D eigenvalue weighted by atomic mass is 16.2. The first-order chi connectivity index (χ1) is 13.7. The lowest BCUT2D eigenvalue weighted by molar-refractivity contribution is 0.0950. The molecule has 4 rings (SSSR count). The molecular formula is C24H25N3O. The van der Waals surface area contributed by atoms with Crippen LogP contribution in [-0.2, 0) is 0 Å². The Bertz CT molecular complexity index is 1000. The van der Waals surface area contributed by atoms with Crippen molar-refractivity contribution in [1.29, 1.82) is 0 Å². The number of nitrogens with zero attached hydrogens (tertiary/aromatic N) is 2. The van der Waals surface area contributed by atoms with Crippen molar-refractivity contribution in [3.63, 3.8) is 0 Å². The summed E-state index contributed by atoms with van der Waals surface area (Å²) in [6.07, 6.45) is 6.62. The molecule has 1 fully saturated rings. The minimum absolute atomic E-state index is 0.302. The van der Waals surface area contributed by atoms with E-state index in [0.717, 1.165) is 22.2 Å². The van der Waals surface area contributed by atoms with Gasteiger partial charge in [0.2, 0.25) is 0 Å². The molecule has 28 heavy (non-hydrogen) atoms. The molecule has 1 aromatic heterocycles. The summed E-state index contributed by atoms with van der Waals surface area (Å²) in [4.78, 5) is 16.8. The van der Waals surface area contributed by atoms with E-state index in [1.54, 1.807) is 6.07 Å². The Balaban J connectivity index is 1.43. The number of benzene rings is 2. The zero-order valence-corrected chi connectivity index (χ0v) is 16.2. The Kier molecular flexibility index (Phi) is 5.47. The molecule has 4 heteroatoms. The Hall–Kier alpha value is -3.01. The predicted molar refractivity (Wildman–Crippen MR) is 114 cm³/mol. The third kappa shape index (κ3) is 4.11. The maximum Gasteiger partial charge on any atom is 0.289 e. The van der Waals surface area contributed by atoms with E-state index in [0.29, 0.717) is 11.6 Å². The van der Waals surface area contributed by atoms with Crippen molar-refractivity contribution in [2.24, 2.45) is 5.10 Å². The first kappa shape index (κ1) is 18.4. The molecule has 142 valence electrons. The fourth-order valence-electron chi connectivity index (χ4n) is 3.88. The molecule has 3 aromatic rings. The standard InChI is InChI=1S/C24H25N3O/c1-17(18-11-13-20(14-12-18)19-7-3-2-4-8-19)26-27-24(28)23-16-15-21-9-5-6-10-22(21)25-23/h5-6,9-16,19H,2-4,7-8H2,1H3,(H,27,28)/b26-17+. The third-order valence-electron chi connectivity index (χ3n) is 5.56. The molecule has 0 unspecified atom stereocenters. The average molecular weight is 371 g/mol. The molecule has 0 saturated heterocycles. The van der Waals surface area contributed by atoms with Crippen LogP contribution in [0.1, 0.15) is 66.6 Å². The van der Waals surface area contributed by atoms with Gasteiger partial charge in [0, 0.05) is 5.39 Å². The molecule has 2 aromatic carbocycles. The van der Waals surface area contributed by atoms with E-state index in [-0.39, 0.29) is 5.91 Å². The molecule has 1 saturated carbocycles. The van der Waals surface area contributed by atoms with Gasteiger partial charge >= 0.3 is 0 Å². The summed E-state index contributed by atoms with van der Waals surface area (Å²) in [6, 6.07) is 20.0. The van der Waals surface area contributed by atoms with E-state index in [9.17, 15) is 4.79 Å². The van der Waals surface area contributed by atoms with Gasteiger partial charge in [0.05, 0.1) is 11.2 Å². The smallest absolute Gasteiger partial charge is 0.266 e. The van der Waals surface area contributed by atoms with Crippen LogP contribution in [0.3, 0.4) is 0 Å². The minimum atomic E-state index is -0.302. The summed E-state index contributed by atoms with van der Waals surface area (Å²) in [5.41, 5.74) is 7.01. The van der Waals surface area contributed by atoms with E-state index < -0.39 is 0 Å². The molecule has 4 nitrogen and oxygen atoms in total. The third-order valence-corrected chi connectivity index (χ3v) is 5.56. The number of hydrogen-bond donors (Lipinski definition) is 1. The lowest BCUT2D eigenvalue weighted by atomic mass is 9.84. The molecule has 1 amide bonds. The highest BCUT2D eigenvalue weighted by Crippen LogP contribution is 2.32. The largest absolute Gasteiger partial charge is 0.289 e. The minimum Gasteiger partial charge on any atom is -0.266 e. The van der Waals surface area contributed by atoms with Crippen molar-refractivity contribution < 1.29 is 4.79 Å². The van der Waals surface area contributed by atoms with Crippen LogP contribution in [0.5, 0.6) is 0 Å². The van der Waals surface area contributed by atoms with Gasteiger partial charge in [-0.15, -0.1) is 0 Å². The molecule has 0 atom stereocenters. The Morgan fingerprint density at radius 3 is 2.50 bits per heavy atom. The number of rotatable bonds is 4. The number of carbonyl (C=O) groups is 1. The second-order valence-electron chi connectivity index (χ2n) is 7.48. The van der Waals surface area contributed by atoms with E-state index in [2.05, 4.69) is 39.8 Å². The normalized spacial score (nSPS) is 15.5. The van der Waals surface area contributed by atoms with Crippen LogP contribution >= 0.6 is 0 Å². The lowest BCUT2D eigenvalue weighted by Crippen LogP contribution is -2.20. The Morgan fingerprint density at radius 2 is 1.71 bits per heavy atom. The van der Waals surface area contributed by atoms with Crippen molar-refractivity contribution >= 4 is 22.5 Å². The van der Waals surface area contributed by atoms with Gasteiger partial charge in [0.25, 0.3) is 5.91 Å². The summed E-state index contributed by atoms with van der Waals surface area (Å²) < 4.78 is 0. The Labute approximate surface area is 165 Å². The fraction of sp³-hybridized carbons (Fsp3) is 0.292. The van der Waals surface area contributed by atoms with Gasteiger partial charge in [0.15, 0.2) is 0 Å². The van der Waals surface area contributed by atoms with Gasteiger partial charge in [-0.05, 0) is 48.9 Å². The van der Waals surface area contributed by atoms with E-state index >= 15 is 0 Å². The zero-order valence-electron chi connectivity index (χ0n) is 16.2. The van der Waals surface area contributed by atoms with Crippen LogP contribution in [0.2, 0.25) is 0 Å². The second kappa shape index (κ2) is 8.34. The van der Waals surface area contributed by atoms with Gasteiger partial charge in [-0.1, -0.05) is 67.8 Å². The van der Waals surface area contributed by atoms with Crippen molar-refractivity contribution in [3.05, 3.63) is 77.5 Å². The molecule has 0 bridgehead atoms.